The molecule has 0 saturated carbocycles. The molecule has 0 atom stereocenters. The summed E-state index contributed by atoms with van der Waals surface area (Å²) >= 11 is 0. The normalized spacial score (nSPS) is 10.9. The number of nitrogens with zero attached hydrogens (tertiary/aromatic N) is 1. The number of hydrogen-bond donors (Lipinski definition) is 2. The lowest BCUT2D eigenvalue weighted by atomic mass is 10.1. The molecule has 1 aromatic heterocycles. The molecule has 9 nitrogen and oxygen atoms in total. The first-order chi connectivity index (χ1) is 16.7. The fourth-order valence-corrected chi connectivity index (χ4v) is 3.93. The number of esters is 1. The van der Waals surface area contributed by atoms with Crippen molar-refractivity contribution in [2.24, 2.45) is 0 Å². The van der Waals surface area contributed by atoms with Crippen LogP contribution in [0.15, 0.2) is 71.8 Å². The standard InChI is InChI=1S/C24H22FN3O6S/c1-2-34-24(31)21-12-7-18(15-27-21)23(30)28-35(32,33)20-10-5-17(6-11-20)22(29)26-14-13-16-3-8-19(25)9-4-16/h3-12,15H,2,13-14H2,1H3,(H,26,29)(H,28,30). The minimum absolute atomic E-state index is 0.0159. The number of carbonyl (C=O) groups is 3. The van der Waals surface area contributed by atoms with Crippen molar-refractivity contribution in [2.45, 2.75) is 18.2 Å². The second kappa shape index (κ2) is 11.3. The summed E-state index contributed by atoms with van der Waals surface area (Å²) in [6, 6.07) is 13.5. The molecule has 2 amide bonds. The van der Waals surface area contributed by atoms with Gasteiger partial charge in [0.2, 0.25) is 0 Å². The predicted molar refractivity (Wildman–Crippen MR) is 124 cm³/mol. The van der Waals surface area contributed by atoms with Gasteiger partial charge in [-0.25, -0.2) is 27.3 Å². The SMILES string of the molecule is CCOC(=O)c1ccc(C(=O)NS(=O)(=O)c2ccc(C(=O)NCCc3ccc(F)cc3)cc2)cn1. The Balaban J connectivity index is 1.58. The molecular weight excluding hydrogens is 477 g/mol. The summed E-state index contributed by atoms with van der Waals surface area (Å²) in [5.41, 5.74) is 0.999. The molecule has 0 unspecified atom stereocenters. The van der Waals surface area contributed by atoms with Gasteiger partial charge in [0.15, 0.2) is 0 Å². The number of benzene rings is 2. The third kappa shape index (κ3) is 6.93. The lowest BCUT2D eigenvalue weighted by Gasteiger charge is -2.09. The van der Waals surface area contributed by atoms with Crippen molar-refractivity contribution in [3.8, 4) is 0 Å². The number of sulfonamides is 1. The van der Waals surface area contributed by atoms with Crippen LogP contribution in [0.1, 0.15) is 43.7 Å². The number of rotatable bonds is 9. The lowest BCUT2D eigenvalue weighted by molar-refractivity contribution is 0.0519. The van der Waals surface area contributed by atoms with Crippen molar-refractivity contribution >= 4 is 27.8 Å². The Kier molecular flexibility index (Phi) is 8.26. The number of aromatic nitrogens is 1. The van der Waals surface area contributed by atoms with Gasteiger partial charge < -0.3 is 10.1 Å². The maximum absolute atomic E-state index is 12.9. The average Bonchev–Trinajstić information content (AvgIpc) is 2.85. The maximum Gasteiger partial charge on any atom is 0.356 e. The first-order valence-electron chi connectivity index (χ1n) is 10.5. The molecule has 0 aliphatic heterocycles. The van der Waals surface area contributed by atoms with Crippen LogP contribution in [0.25, 0.3) is 0 Å². The molecule has 0 bridgehead atoms. The number of nitrogens with one attached hydrogen (secondary N) is 2. The third-order valence-corrected chi connectivity index (χ3v) is 6.12. The fourth-order valence-electron chi connectivity index (χ4n) is 2.95. The van der Waals surface area contributed by atoms with E-state index in [4.69, 9.17) is 4.74 Å². The Labute approximate surface area is 201 Å². The first kappa shape index (κ1) is 25.5. The number of ether oxygens (including phenoxy) is 1. The first-order valence-corrected chi connectivity index (χ1v) is 12.0. The number of pyridine rings is 1. The molecule has 2 aromatic carbocycles. The highest BCUT2D eigenvalue weighted by molar-refractivity contribution is 7.90. The van der Waals surface area contributed by atoms with Gasteiger partial charge in [0.25, 0.3) is 21.8 Å². The van der Waals surface area contributed by atoms with E-state index in [1.807, 2.05) is 4.72 Å². The van der Waals surface area contributed by atoms with E-state index in [-0.39, 0.29) is 34.1 Å². The van der Waals surface area contributed by atoms with Crippen molar-refractivity contribution in [3.63, 3.8) is 0 Å². The van der Waals surface area contributed by atoms with Gasteiger partial charge in [-0.2, -0.15) is 0 Å². The van der Waals surface area contributed by atoms with Gasteiger partial charge in [0.1, 0.15) is 11.5 Å². The summed E-state index contributed by atoms with van der Waals surface area (Å²) in [7, 11) is -4.22. The van der Waals surface area contributed by atoms with Crippen LogP contribution < -0.4 is 10.0 Å². The van der Waals surface area contributed by atoms with E-state index in [1.165, 1.54) is 48.5 Å². The van der Waals surface area contributed by atoms with Crippen LogP contribution in [0.5, 0.6) is 0 Å². The molecule has 3 rings (SSSR count). The Morgan fingerprint density at radius 2 is 1.57 bits per heavy atom. The summed E-state index contributed by atoms with van der Waals surface area (Å²) in [6.45, 7) is 2.11. The fraction of sp³-hybridized carbons (Fsp3) is 0.167. The summed E-state index contributed by atoms with van der Waals surface area (Å²) in [6.07, 6.45) is 1.57. The molecule has 0 fully saturated rings. The zero-order valence-electron chi connectivity index (χ0n) is 18.7. The third-order valence-electron chi connectivity index (χ3n) is 4.78. The highest BCUT2D eigenvalue weighted by Gasteiger charge is 2.20. The zero-order chi connectivity index (χ0) is 25.4. The monoisotopic (exact) mass is 499 g/mol. The van der Waals surface area contributed by atoms with Crippen LogP contribution in [0.4, 0.5) is 4.39 Å². The van der Waals surface area contributed by atoms with Gasteiger partial charge >= 0.3 is 5.97 Å². The minimum atomic E-state index is -4.22. The number of hydrogen-bond acceptors (Lipinski definition) is 7. The van der Waals surface area contributed by atoms with Crippen molar-refractivity contribution in [1.29, 1.82) is 0 Å². The van der Waals surface area contributed by atoms with E-state index in [1.54, 1.807) is 19.1 Å². The molecule has 11 heteroatoms. The number of halogens is 1. The van der Waals surface area contributed by atoms with Crippen LogP contribution >= 0.6 is 0 Å². The Bertz CT molecular complexity index is 1310. The molecule has 0 spiro atoms. The van der Waals surface area contributed by atoms with Crippen LogP contribution in [0, 0.1) is 5.82 Å². The quantitative estimate of drug-likeness (QED) is 0.433. The van der Waals surface area contributed by atoms with E-state index < -0.39 is 27.8 Å². The van der Waals surface area contributed by atoms with Crippen LogP contribution in [-0.2, 0) is 21.2 Å². The lowest BCUT2D eigenvalue weighted by Crippen LogP contribution is -2.31. The van der Waals surface area contributed by atoms with E-state index in [2.05, 4.69) is 10.3 Å². The van der Waals surface area contributed by atoms with Crippen molar-refractivity contribution in [1.82, 2.24) is 15.0 Å². The summed E-state index contributed by atoms with van der Waals surface area (Å²) in [5.74, 6) is -2.34. The minimum Gasteiger partial charge on any atom is -0.461 e. The molecule has 1 heterocycles. The van der Waals surface area contributed by atoms with Crippen molar-refractivity contribution < 1.29 is 31.9 Å². The van der Waals surface area contributed by atoms with Crippen molar-refractivity contribution in [2.75, 3.05) is 13.2 Å². The average molecular weight is 500 g/mol. The van der Waals surface area contributed by atoms with E-state index in [0.717, 1.165) is 11.8 Å². The second-order valence-electron chi connectivity index (χ2n) is 7.24. The van der Waals surface area contributed by atoms with Gasteiger partial charge in [-0.1, -0.05) is 12.1 Å². The van der Waals surface area contributed by atoms with Crippen molar-refractivity contribution in [3.05, 3.63) is 95.1 Å². The molecule has 0 aliphatic carbocycles. The predicted octanol–water partition coefficient (Wildman–Crippen LogP) is 2.49. The van der Waals surface area contributed by atoms with Gasteiger partial charge in [-0.15, -0.1) is 0 Å². The molecule has 0 aliphatic rings. The Hall–Kier alpha value is -4.12. The molecular formula is C24H22FN3O6S. The summed E-state index contributed by atoms with van der Waals surface area (Å²) in [5, 5.41) is 2.70. The molecule has 0 radical (unpaired) electrons. The highest BCUT2D eigenvalue weighted by atomic mass is 32.2. The zero-order valence-corrected chi connectivity index (χ0v) is 19.5. The van der Waals surface area contributed by atoms with Crippen LogP contribution in [0.2, 0.25) is 0 Å². The van der Waals surface area contributed by atoms with Crippen LogP contribution in [-0.4, -0.2) is 44.3 Å². The Morgan fingerprint density at radius 3 is 2.17 bits per heavy atom. The molecule has 182 valence electrons. The second-order valence-corrected chi connectivity index (χ2v) is 8.93. The molecule has 3 aromatic rings. The number of amides is 2. The van der Waals surface area contributed by atoms with E-state index in [9.17, 15) is 27.2 Å². The van der Waals surface area contributed by atoms with E-state index in [0.29, 0.717) is 13.0 Å². The van der Waals surface area contributed by atoms with E-state index >= 15 is 0 Å². The molecule has 0 saturated heterocycles. The number of carbonyl (C=O) groups excluding carboxylic acids is 3. The maximum atomic E-state index is 12.9. The smallest absolute Gasteiger partial charge is 0.356 e. The van der Waals surface area contributed by atoms with Crippen LogP contribution in [0.3, 0.4) is 0 Å². The van der Waals surface area contributed by atoms with Gasteiger partial charge in [0.05, 0.1) is 17.1 Å². The Morgan fingerprint density at radius 1 is 0.914 bits per heavy atom. The largest absolute Gasteiger partial charge is 0.461 e. The van der Waals surface area contributed by atoms with Gasteiger partial charge in [-0.3, -0.25) is 9.59 Å². The highest BCUT2D eigenvalue weighted by Crippen LogP contribution is 2.12. The van der Waals surface area contributed by atoms with Gasteiger partial charge in [-0.05, 0) is 67.4 Å². The van der Waals surface area contributed by atoms with Gasteiger partial charge in [0, 0.05) is 18.3 Å². The molecule has 2 N–H and O–H groups in total. The topological polar surface area (TPSA) is 132 Å². The molecule has 35 heavy (non-hydrogen) atoms. The summed E-state index contributed by atoms with van der Waals surface area (Å²) in [4.78, 5) is 39.9. The summed E-state index contributed by atoms with van der Waals surface area (Å²) < 4.78 is 44.8.